The number of phenols is 1. The highest BCUT2D eigenvalue weighted by Crippen LogP contribution is 2.26. The Morgan fingerprint density at radius 2 is 1.83 bits per heavy atom. The highest BCUT2D eigenvalue weighted by Gasteiger charge is 2.20. The summed E-state index contributed by atoms with van der Waals surface area (Å²) in [7, 11) is 0. The van der Waals surface area contributed by atoms with Crippen LogP contribution in [0.15, 0.2) is 48.5 Å². The van der Waals surface area contributed by atoms with E-state index in [4.69, 9.17) is 0 Å². The molecule has 2 aromatic carbocycles. The van der Waals surface area contributed by atoms with Gasteiger partial charge in [0.25, 0.3) is 0 Å². The largest absolute Gasteiger partial charge is 0.508 e. The molecule has 1 atom stereocenters. The molecule has 24 heavy (non-hydrogen) atoms. The lowest BCUT2D eigenvalue weighted by Gasteiger charge is -2.28. The van der Waals surface area contributed by atoms with Gasteiger partial charge in [0.2, 0.25) is 0 Å². The van der Waals surface area contributed by atoms with Crippen molar-refractivity contribution in [2.45, 2.75) is 12.5 Å². The Morgan fingerprint density at radius 1 is 1.08 bits per heavy atom. The Morgan fingerprint density at radius 3 is 2.50 bits per heavy atom. The average molecular weight is 331 g/mol. The van der Waals surface area contributed by atoms with Crippen molar-refractivity contribution in [2.24, 2.45) is 0 Å². The van der Waals surface area contributed by atoms with Crippen LogP contribution in [0.5, 0.6) is 5.75 Å². The number of aromatic hydroxyl groups is 1. The summed E-state index contributed by atoms with van der Waals surface area (Å²) in [6.07, 6.45) is 1.79. The summed E-state index contributed by atoms with van der Waals surface area (Å²) in [5, 5.41) is 19.5. The minimum absolute atomic E-state index is 0.0108. The van der Waals surface area contributed by atoms with E-state index in [9.17, 15) is 19.0 Å². The van der Waals surface area contributed by atoms with Gasteiger partial charge in [0.1, 0.15) is 17.4 Å². The van der Waals surface area contributed by atoms with Crippen molar-refractivity contribution in [1.82, 2.24) is 4.90 Å². The van der Waals surface area contributed by atoms with E-state index in [0.717, 1.165) is 36.7 Å². The third kappa shape index (κ3) is 3.80. The van der Waals surface area contributed by atoms with E-state index in [1.165, 1.54) is 5.57 Å². The van der Waals surface area contributed by atoms with Gasteiger partial charge in [0.15, 0.2) is 0 Å². The molecule has 126 valence electrons. The van der Waals surface area contributed by atoms with E-state index in [2.05, 4.69) is 6.08 Å². The molecule has 1 heterocycles. The third-order valence-electron chi connectivity index (χ3n) is 4.28. The Kier molecular flexibility index (Phi) is 4.92. The fourth-order valence-electron chi connectivity index (χ4n) is 2.93. The zero-order chi connectivity index (χ0) is 17.1. The van der Waals surface area contributed by atoms with Crippen molar-refractivity contribution in [3.63, 3.8) is 0 Å². The zero-order valence-corrected chi connectivity index (χ0v) is 13.1. The molecule has 2 N–H and O–H groups in total. The van der Waals surface area contributed by atoms with Gasteiger partial charge in [-0.3, -0.25) is 4.90 Å². The molecule has 0 saturated carbocycles. The normalized spacial score (nSPS) is 16.7. The Hall–Kier alpha value is -2.24. The molecule has 3 nitrogen and oxygen atoms in total. The molecule has 0 fully saturated rings. The summed E-state index contributed by atoms with van der Waals surface area (Å²) in [6.45, 7) is 1.60. The summed E-state index contributed by atoms with van der Waals surface area (Å²) < 4.78 is 26.9. The zero-order valence-electron chi connectivity index (χ0n) is 13.1. The standard InChI is InChI=1S/C19H19F2NO2/c20-15-3-6-18(21)17(11-15)19(24)12-22-9-7-14(8-10-22)13-1-4-16(23)5-2-13/h1-7,11,19,23-24H,8-10,12H2/t19-/m1/s1. The number of aliphatic hydroxyl groups is 1. The SMILES string of the molecule is Oc1ccc(C2=CCN(C[C@@H](O)c3cc(F)ccc3F)CC2)cc1. The van der Waals surface area contributed by atoms with Crippen molar-refractivity contribution in [3.8, 4) is 5.75 Å². The van der Waals surface area contributed by atoms with E-state index in [-0.39, 0.29) is 17.9 Å². The van der Waals surface area contributed by atoms with E-state index in [0.29, 0.717) is 6.54 Å². The van der Waals surface area contributed by atoms with Crippen LogP contribution in [0.2, 0.25) is 0 Å². The fraction of sp³-hybridized carbons (Fsp3) is 0.263. The molecule has 5 heteroatoms. The summed E-state index contributed by atoms with van der Waals surface area (Å²) in [6, 6.07) is 10.2. The highest BCUT2D eigenvalue weighted by molar-refractivity contribution is 5.67. The van der Waals surface area contributed by atoms with Crippen molar-refractivity contribution in [2.75, 3.05) is 19.6 Å². The summed E-state index contributed by atoms with van der Waals surface area (Å²) in [5.41, 5.74) is 2.23. The van der Waals surface area contributed by atoms with Gasteiger partial charge < -0.3 is 10.2 Å². The van der Waals surface area contributed by atoms with E-state index in [1.807, 2.05) is 17.0 Å². The quantitative estimate of drug-likeness (QED) is 0.901. The van der Waals surface area contributed by atoms with Gasteiger partial charge in [0, 0.05) is 25.2 Å². The second-order valence-electron chi connectivity index (χ2n) is 5.97. The first-order valence-electron chi connectivity index (χ1n) is 7.87. The number of β-amino-alcohol motifs (C(OH)–C–C–N with tert-alkyl or cyclic N) is 1. The van der Waals surface area contributed by atoms with Crippen LogP contribution in [0.4, 0.5) is 8.78 Å². The van der Waals surface area contributed by atoms with Crippen LogP contribution < -0.4 is 0 Å². The molecule has 0 bridgehead atoms. The molecule has 3 rings (SSSR count). The highest BCUT2D eigenvalue weighted by atomic mass is 19.1. The van der Waals surface area contributed by atoms with Crippen molar-refractivity contribution in [3.05, 3.63) is 71.3 Å². The number of hydrogen-bond acceptors (Lipinski definition) is 3. The molecule has 0 aliphatic carbocycles. The molecule has 1 aliphatic rings. The molecule has 0 unspecified atom stereocenters. The molecule has 0 saturated heterocycles. The molecule has 1 aliphatic heterocycles. The number of aliphatic hydroxyl groups excluding tert-OH is 1. The summed E-state index contributed by atoms with van der Waals surface area (Å²) >= 11 is 0. The summed E-state index contributed by atoms with van der Waals surface area (Å²) in [4.78, 5) is 2.00. The lowest BCUT2D eigenvalue weighted by molar-refractivity contribution is 0.115. The number of rotatable bonds is 4. The smallest absolute Gasteiger partial charge is 0.129 e. The van der Waals surface area contributed by atoms with Gasteiger partial charge in [-0.15, -0.1) is 0 Å². The number of nitrogens with zero attached hydrogens (tertiary/aromatic N) is 1. The van der Waals surface area contributed by atoms with Gasteiger partial charge in [-0.2, -0.15) is 0 Å². The predicted octanol–water partition coefficient (Wildman–Crippen LogP) is 3.49. The van der Waals surface area contributed by atoms with Gasteiger partial charge >= 0.3 is 0 Å². The second-order valence-corrected chi connectivity index (χ2v) is 5.97. The Bertz CT molecular complexity index is 744. The molecule has 2 aromatic rings. The first-order chi connectivity index (χ1) is 11.5. The first kappa shape index (κ1) is 16.6. The van der Waals surface area contributed by atoms with Crippen molar-refractivity contribution in [1.29, 1.82) is 0 Å². The maximum absolute atomic E-state index is 13.7. The van der Waals surface area contributed by atoms with Crippen LogP contribution in [0.1, 0.15) is 23.7 Å². The number of benzene rings is 2. The van der Waals surface area contributed by atoms with E-state index >= 15 is 0 Å². The molecule has 0 amide bonds. The predicted molar refractivity (Wildman–Crippen MR) is 88.5 cm³/mol. The fourth-order valence-corrected chi connectivity index (χ4v) is 2.93. The monoisotopic (exact) mass is 331 g/mol. The average Bonchev–Trinajstić information content (AvgIpc) is 2.58. The Balaban J connectivity index is 1.64. The van der Waals surface area contributed by atoms with Crippen molar-refractivity contribution >= 4 is 5.57 Å². The van der Waals surface area contributed by atoms with Crippen LogP contribution in [-0.2, 0) is 0 Å². The van der Waals surface area contributed by atoms with Crippen LogP contribution in [0.25, 0.3) is 5.57 Å². The van der Waals surface area contributed by atoms with Crippen LogP contribution in [0.3, 0.4) is 0 Å². The summed E-state index contributed by atoms with van der Waals surface area (Å²) in [5.74, 6) is -0.920. The topological polar surface area (TPSA) is 43.7 Å². The van der Waals surface area contributed by atoms with Gasteiger partial charge in [-0.05, 0) is 47.9 Å². The molecular formula is C19H19F2NO2. The lowest BCUT2D eigenvalue weighted by atomic mass is 9.99. The van der Waals surface area contributed by atoms with E-state index in [1.54, 1.807) is 12.1 Å². The molecule has 0 spiro atoms. The maximum Gasteiger partial charge on any atom is 0.129 e. The minimum Gasteiger partial charge on any atom is -0.508 e. The minimum atomic E-state index is -1.07. The van der Waals surface area contributed by atoms with Crippen molar-refractivity contribution < 1.29 is 19.0 Å². The molecule has 0 radical (unpaired) electrons. The number of hydrogen-bond donors (Lipinski definition) is 2. The van der Waals surface area contributed by atoms with Gasteiger partial charge in [-0.25, -0.2) is 8.78 Å². The third-order valence-corrected chi connectivity index (χ3v) is 4.28. The second kappa shape index (κ2) is 7.11. The number of halogens is 2. The number of phenolic OH excluding ortho intramolecular Hbond substituents is 1. The first-order valence-corrected chi connectivity index (χ1v) is 7.87. The maximum atomic E-state index is 13.7. The van der Waals surface area contributed by atoms with Gasteiger partial charge in [0.05, 0.1) is 6.10 Å². The molecular weight excluding hydrogens is 312 g/mol. The Labute approximate surface area is 139 Å². The lowest BCUT2D eigenvalue weighted by Crippen LogP contribution is -2.32. The molecule has 0 aromatic heterocycles. The van der Waals surface area contributed by atoms with Crippen LogP contribution in [-0.4, -0.2) is 34.7 Å². The van der Waals surface area contributed by atoms with Gasteiger partial charge in [-0.1, -0.05) is 18.2 Å². The van der Waals surface area contributed by atoms with Crippen LogP contribution in [0, 0.1) is 11.6 Å². The van der Waals surface area contributed by atoms with Crippen LogP contribution >= 0.6 is 0 Å². The van der Waals surface area contributed by atoms with E-state index < -0.39 is 17.7 Å².